The Balaban J connectivity index is 1.59. The summed E-state index contributed by atoms with van der Waals surface area (Å²) < 4.78 is 10.5. The van der Waals surface area contributed by atoms with Gasteiger partial charge in [-0.3, -0.25) is 9.59 Å². The Morgan fingerprint density at radius 2 is 2.03 bits per heavy atom. The maximum Gasteiger partial charge on any atom is 0.251 e. The van der Waals surface area contributed by atoms with Gasteiger partial charge in [0.25, 0.3) is 5.91 Å². The van der Waals surface area contributed by atoms with Crippen LogP contribution >= 0.6 is 0 Å². The van der Waals surface area contributed by atoms with Crippen molar-refractivity contribution in [2.24, 2.45) is 0 Å². The number of carbonyl (C=O) groups is 2. The van der Waals surface area contributed by atoms with Gasteiger partial charge in [0, 0.05) is 45.3 Å². The smallest absolute Gasteiger partial charge is 0.251 e. The number of nitrogens with one attached hydrogen (secondary N) is 2. The molecule has 2 amide bonds. The second-order valence-electron chi connectivity index (χ2n) is 8.53. The lowest BCUT2D eigenvalue weighted by Gasteiger charge is -2.30. The van der Waals surface area contributed by atoms with Crippen molar-refractivity contribution in [2.45, 2.75) is 38.1 Å². The highest BCUT2D eigenvalue weighted by Gasteiger charge is 2.31. The van der Waals surface area contributed by atoms with Crippen molar-refractivity contribution in [3.8, 4) is 5.75 Å². The van der Waals surface area contributed by atoms with Crippen LogP contribution in [0.4, 0.5) is 23.1 Å². The lowest BCUT2D eigenvalue weighted by molar-refractivity contribution is -0.118. The van der Waals surface area contributed by atoms with Crippen molar-refractivity contribution in [2.75, 3.05) is 56.1 Å². The molecule has 34 heavy (non-hydrogen) atoms. The summed E-state index contributed by atoms with van der Waals surface area (Å²) in [7, 11) is 4.91. The third kappa shape index (κ3) is 5.06. The van der Waals surface area contributed by atoms with E-state index in [1.807, 2.05) is 0 Å². The Morgan fingerprint density at radius 1 is 1.24 bits per heavy atom. The second-order valence-corrected chi connectivity index (χ2v) is 8.53. The third-order valence-corrected chi connectivity index (χ3v) is 6.39. The predicted octanol–water partition coefficient (Wildman–Crippen LogP) is 2.72. The Morgan fingerprint density at radius 3 is 2.76 bits per heavy atom. The third-order valence-electron chi connectivity index (χ3n) is 6.39. The first kappa shape index (κ1) is 23.7. The van der Waals surface area contributed by atoms with Crippen molar-refractivity contribution in [1.82, 2.24) is 15.3 Å². The number of amides is 2. The second kappa shape index (κ2) is 10.7. The standard InChI is InChI=1S/C24H32N6O4/c1-29-19-15-26-24(28-22(19)30(12-10-21(29)31)17-6-4-5-7-17)27-18-9-8-16(14-20(18)34-3)23(32)25-11-13-33-2/h8-9,14-15,17H,4-7,10-13H2,1-3H3,(H,25,32)(H,26,27,28). The van der Waals surface area contributed by atoms with Crippen LogP contribution in [-0.4, -0.2) is 68.8 Å². The Bertz CT molecular complexity index is 1040. The van der Waals surface area contributed by atoms with Crippen LogP contribution < -0.4 is 25.2 Å². The quantitative estimate of drug-likeness (QED) is 0.570. The summed E-state index contributed by atoms with van der Waals surface area (Å²) in [6.07, 6.45) is 6.74. The van der Waals surface area contributed by atoms with Crippen LogP contribution in [-0.2, 0) is 9.53 Å². The number of ether oxygens (including phenoxy) is 2. The highest BCUT2D eigenvalue weighted by Crippen LogP contribution is 2.36. The first-order valence-corrected chi connectivity index (χ1v) is 11.6. The van der Waals surface area contributed by atoms with Crippen molar-refractivity contribution in [1.29, 1.82) is 0 Å². The predicted molar refractivity (Wildman–Crippen MR) is 130 cm³/mol. The molecule has 0 radical (unpaired) electrons. The molecular weight excluding hydrogens is 436 g/mol. The molecule has 182 valence electrons. The molecule has 2 N–H and O–H groups in total. The summed E-state index contributed by atoms with van der Waals surface area (Å²) in [4.78, 5) is 38.1. The molecule has 0 unspecified atom stereocenters. The molecule has 0 saturated heterocycles. The van der Waals surface area contributed by atoms with Gasteiger partial charge in [0.05, 0.1) is 25.6 Å². The van der Waals surface area contributed by atoms with Gasteiger partial charge in [-0.05, 0) is 31.0 Å². The fourth-order valence-electron chi connectivity index (χ4n) is 4.50. The molecule has 0 spiro atoms. The number of methoxy groups -OCH3 is 2. The van der Waals surface area contributed by atoms with Crippen molar-refractivity contribution in [3.05, 3.63) is 30.0 Å². The number of carbonyl (C=O) groups excluding carboxylic acids is 2. The van der Waals surface area contributed by atoms with Gasteiger partial charge >= 0.3 is 0 Å². The molecule has 10 heteroatoms. The van der Waals surface area contributed by atoms with Gasteiger partial charge in [-0.1, -0.05) is 12.8 Å². The van der Waals surface area contributed by atoms with Gasteiger partial charge in [-0.25, -0.2) is 4.98 Å². The molecule has 2 aliphatic rings. The van der Waals surface area contributed by atoms with Crippen LogP contribution in [0.5, 0.6) is 5.75 Å². The first-order valence-electron chi connectivity index (χ1n) is 11.6. The minimum atomic E-state index is -0.205. The number of rotatable bonds is 8. The van der Waals surface area contributed by atoms with E-state index in [2.05, 4.69) is 20.5 Å². The van der Waals surface area contributed by atoms with Crippen molar-refractivity contribution < 1.29 is 19.1 Å². The lowest BCUT2D eigenvalue weighted by atomic mass is 10.1. The zero-order valence-corrected chi connectivity index (χ0v) is 20.0. The summed E-state index contributed by atoms with van der Waals surface area (Å²) in [5.74, 6) is 1.53. The monoisotopic (exact) mass is 468 g/mol. The molecule has 1 aliphatic heterocycles. The highest BCUT2D eigenvalue weighted by atomic mass is 16.5. The minimum Gasteiger partial charge on any atom is -0.495 e. The van der Waals surface area contributed by atoms with Crippen molar-refractivity contribution in [3.63, 3.8) is 0 Å². The molecule has 1 aromatic carbocycles. The van der Waals surface area contributed by atoms with E-state index in [4.69, 9.17) is 14.5 Å². The molecule has 10 nitrogen and oxygen atoms in total. The molecule has 2 heterocycles. The fourth-order valence-corrected chi connectivity index (χ4v) is 4.50. The van der Waals surface area contributed by atoms with Gasteiger partial charge in [0.15, 0.2) is 5.82 Å². The molecule has 0 atom stereocenters. The lowest BCUT2D eigenvalue weighted by Crippen LogP contribution is -2.34. The number of anilines is 4. The first-order chi connectivity index (χ1) is 16.5. The van der Waals surface area contributed by atoms with Gasteiger partial charge < -0.3 is 29.9 Å². The van der Waals surface area contributed by atoms with Crippen LogP contribution in [0.2, 0.25) is 0 Å². The fraction of sp³-hybridized carbons (Fsp3) is 0.500. The molecule has 4 rings (SSSR count). The number of benzene rings is 1. The molecule has 1 saturated carbocycles. The maximum atomic E-state index is 12.5. The van der Waals surface area contributed by atoms with E-state index in [1.165, 1.54) is 12.8 Å². The Labute approximate surface area is 199 Å². The van der Waals surface area contributed by atoms with Crippen LogP contribution in [0.15, 0.2) is 24.4 Å². The van der Waals surface area contributed by atoms with E-state index < -0.39 is 0 Å². The average Bonchev–Trinajstić information content (AvgIpc) is 3.35. The van der Waals surface area contributed by atoms with Gasteiger partial charge in [-0.15, -0.1) is 0 Å². The molecule has 1 aromatic heterocycles. The molecule has 0 bridgehead atoms. The van der Waals surface area contributed by atoms with Crippen LogP contribution in [0.25, 0.3) is 0 Å². The highest BCUT2D eigenvalue weighted by molar-refractivity contribution is 5.97. The van der Waals surface area contributed by atoms with Crippen LogP contribution in [0.1, 0.15) is 42.5 Å². The largest absolute Gasteiger partial charge is 0.495 e. The summed E-state index contributed by atoms with van der Waals surface area (Å²) in [5.41, 5.74) is 1.84. The zero-order valence-electron chi connectivity index (χ0n) is 20.0. The van der Waals surface area contributed by atoms with Gasteiger partial charge in [0.1, 0.15) is 11.4 Å². The van der Waals surface area contributed by atoms with E-state index in [9.17, 15) is 9.59 Å². The van der Waals surface area contributed by atoms with E-state index in [0.29, 0.717) is 55.1 Å². The summed E-state index contributed by atoms with van der Waals surface area (Å²) in [6, 6.07) is 5.54. The van der Waals surface area contributed by atoms with Gasteiger partial charge in [0.2, 0.25) is 11.9 Å². The zero-order chi connectivity index (χ0) is 24.1. The van der Waals surface area contributed by atoms with Crippen molar-refractivity contribution >= 4 is 35.0 Å². The molecular formula is C24H32N6O4. The number of hydrogen-bond donors (Lipinski definition) is 2. The number of nitrogens with zero attached hydrogens (tertiary/aromatic N) is 4. The summed E-state index contributed by atoms with van der Waals surface area (Å²) in [5, 5.41) is 6.02. The normalized spacial score (nSPS) is 16.3. The molecule has 2 aromatic rings. The number of fused-ring (bicyclic) bond motifs is 1. The Hall–Kier alpha value is -3.40. The topological polar surface area (TPSA) is 109 Å². The molecule has 1 fully saturated rings. The number of aromatic nitrogens is 2. The van der Waals surface area contributed by atoms with Crippen LogP contribution in [0.3, 0.4) is 0 Å². The maximum absolute atomic E-state index is 12.5. The average molecular weight is 469 g/mol. The molecule has 1 aliphatic carbocycles. The minimum absolute atomic E-state index is 0.0621. The van der Waals surface area contributed by atoms with E-state index in [-0.39, 0.29) is 11.8 Å². The number of hydrogen-bond acceptors (Lipinski definition) is 8. The SMILES string of the molecule is COCCNC(=O)c1ccc(Nc2ncc3c(n2)N(C2CCCC2)CCC(=O)N3C)c(OC)c1. The van der Waals surface area contributed by atoms with E-state index >= 15 is 0 Å². The Kier molecular flexibility index (Phi) is 7.46. The van der Waals surface area contributed by atoms with Crippen LogP contribution in [0, 0.1) is 0 Å². The van der Waals surface area contributed by atoms with E-state index in [0.717, 1.165) is 24.3 Å². The van der Waals surface area contributed by atoms with E-state index in [1.54, 1.807) is 50.6 Å². The summed E-state index contributed by atoms with van der Waals surface area (Å²) in [6.45, 7) is 1.51. The summed E-state index contributed by atoms with van der Waals surface area (Å²) >= 11 is 0. The van der Waals surface area contributed by atoms with Gasteiger partial charge in [-0.2, -0.15) is 4.98 Å².